The Morgan fingerprint density at radius 2 is 1.95 bits per heavy atom. The third kappa shape index (κ3) is 4.00. The SMILES string of the molecule is Cl.O=C(NC1CCCS(=O)(=O)C1)C1Cc2ccccc2CN1. The molecule has 0 aromatic heterocycles. The van der Waals surface area contributed by atoms with Crippen LogP contribution < -0.4 is 10.6 Å². The number of carbonyl (C=O) groups is 1. The van der Waals surface area contributed by atoms with Crippen molar-refractivity contribution >= 4 is 28.2 Å². The molecule has 2 N–H and O–H groups in total. The molecule has 0 saturated carbocycles. The van der Waals surface area contributed by atoms with E-state index in [0.29, 0.717) is 19.4 Å². The number of benzene rings is 1. The highest BCUT2D eigenvalue weighted by atomic mass is 35.5. The predicted octanol–water partition coefficient (Wildman–Crippen LogP) is 0.816. The van der Waals surface area contributed by atoms with Crippen molar-refractivity contribution in [3.8, 4) is 0 Å². The second-order valence-corrected chi connectivity index (χ2v) is 8.10. The second-order valence-electron chi connectivity index (χ2n) is 5.87. The first-order chi connectivity index (χ1) is 10.0. The number of hydrogen-bond donors (Lipinski definition) is 2. The molecule has 2 heterocycles. The summed E-state index contributed by atoms with van der Waals surface area (Å²) >= 11 is 0. The molecule has 0 aliphatic carbocycles. The fourth-order valence-electron chi connectivity index (χ4n) is 3.08. The molecule has 0 radical (unpaired) electrons. The van der Waals surface area contributed by atoms with Crippen molar-refractivity contribution in [3.63, 3.8) is 0 Å². The second kappa shape index (κ2) is 6.98. The number of nitrogens with one attached hydrogen (secondary N) is 2. The lowest BCUT2D eigenvalue weighted by atomic mass is 9.95. The van der Waals surface area contributed by atoms with E-state index in [1.165, 1.54) is 11.1 Å². The van der Waals surface area contributed by atoms with Crippen molar-refractivity contribution in [1.82, 2.24) is 10.6 Å². The molecule has 2 aliphatic heterocycles. The van der Waals surface area contributed by atoms with E-state index in [9.17, 15) is 13.2 Å². The van der Waals surface area contributed by atoms with Gasteiger partial charge < -0.3 is 10.6 Å². The van der Waals surface area contributed by atoms with Gasteiger partial charge in [-0.1, -0.05) is 24.3 Å². The molecular weight excluding hydrogens is 324 g/mol. The monoisotopic (exact) mass is 344 g/mol. The molecule has 2 unspecified atom stereocenters. The van der Waals surface area contributed by atoms with Crippen molar-refractivity contribution < 1.29 is 13.2 Å². The van der Waals surface area contributed by atoms with E-state index in [-0.39, 0.29) is 41.9 Å². The standard InChI is InChI=1S/C15H20N2O3S.ClH/c18-15(17-13-6-3-7-21(19,20)10-13)14-8-11-4-1-2-5-12(11)9-16-14;/h1-2,4-5,13-14,16H,3,6-10H2,(H,17,18);1H. The van der Waals surface area contributed by atoms with Gasteiger partial charge in [0.1, 0.15) is 0 Å². The molecule has 2 atom stereocenters. The number of fused-ring (bicyclic) bond motifs is 1. The Morgan fingerprint density at radius 1 is 1.23 bits per heavy atom. The smallest absolute Gasteiger partial charge is 0.237 e. The Hall–Kier alpha value is -1.11. The summed E-state index contributed by atoms with van der Waals surface area (Å²) in [6.45, 7) is 0.678. The maximum atomic E-state index is 12.3. The molecule has 3 rings (SSSR count). The Labute approximate surface area is 137 Å². The summed E-state index contributed by atoms with van der Waals surface area (Å²) in [5.74, 6) is 0.225. The van der Waals surface area contributed by atoms with E-state index in [1.54, 1.807) is 0 Å². The first-order valence-corrected chi connectivity index (χ1v) is 9.16. The normalized spacial score (nSPS) is 26.4. The Bertz CT molecular complexity index is 648. The van der Waals surface area contributed by atoms with Gasteiger partial charge in [-0.3, -0.25) is 4.79 Å². The minimum Gasteiger partial charge on any atom is -0.351 e. The van der Waals surface area contributed by atoms with Crippen LogP contribution in [0.2, 0.25) is 0 Å². The molecule has 5 nitrogen and oxygen atoms in total. The van der Waals surface area contributed by atoms with Crippen LogP contribution in [0.1, 0.15) is 24.0 Å². The molecule has 1 saturated heterocycles. The number of rotatable bonds is 2. The summed E-state index contributed by atoms with van der Waals surface area (Å²) in [6, 6.07) is 7.56. The fraction of sp³-hybridized carbons (Fsp3) is 0.533. The van der Waals surface area contributed by atoms with Crippen LogP contribution in [0.25, 0.3) is 0 Å². The van der Waals surface area contributed by atoms with Gasteiger partial charge in [0.25, 0.3) is 0 Å². The zero-order valence-corrected chi connectivity index (χ0v) is 13.9. The van der Waals surface area contributed by atoms with Crippen LogP contribution in [0, 0.1) is 0 Å². The van der Waals surface area contributed by atoms with Gasteiger partial charge in [0, 0.05) is 12.6 Å². The van der Waals surface area contributed by atoms with Crippen molar-refractivity contribution in [1.29, 1.82) is 0 Å². The van der Waals surface area contributed by atoms with E-state index in [0.717, 1.165) is 6.42 Å². The highest BCUT2D eigenvalue weighted by Crippen LogP contribution is 2.17. The Kier molecular flexibility index (Phi) is 5.47. The molecule has 0 spiro atoms. The zero-order chi connectivity index (χ0) is 14.9. The van der Waals surface area contributed by atoms with Crippen molar-refractivity contribution in [2.24, 2.45) is 0 Å². The summed E-state index contributed by atoms with van der Waals surface area (Å²) in [5.41, 5.74) is 2.41. The van der Waals surface area contributed by atoms with E-state index >= 15 is 0 Å². The molecule has 1 fully saturated rings. The Morgan fingerprint density at radius 3 is 2.68 bits per heavy atom. The van der Waals surface area contributed by atoms with Gasteiger partial charge in [0.05, 0.1) is 17.5 Å². The number of carbonyl (C=O) groups excluding carboxylic acids is 1. The van der Waals surface area contributed by atoms with Gasteiger partial charge in [-0.2, -0.15) is 0 Å². The lowest BCUT2D eigenvalue weighted by molar-refractivity contribution is -0.123. The van der Waals surface area contributed by atoms with E-state index in [2.05, 4.69) is 16.7 Å². The molecule has 122 valence electrons. The first-order valence-electron chi connectivity index (χ1n) is 7.34. The van der Waals surface area contributed by atoms with Crippen LogP contribution in [0.3, 0.4) is 0 Å². The van der Waals surface area contributed by atoms with Crippen LogP contribution in [-0.2, 0) is 27.6 Å². The van der Waals surface area contributed by atoms with Crippen LogP contribution in [0.15, 0.2) is 24.3 Å². The average molecular weight is 345 g/mol. The minimum absolute atomic E-state index is 0. The molecular formula is C15H21ClN2O3S. The molecule has 7 heteroatoms. The number of halogens is 1. The number of sulfone groups is 1. The van der Waals surface area contributed by atoms with Gasteiger partial charge in [-0.15, -0.1) is 12.4 Å². The van der Waals surface area contributed by atoms with Gasteiger partial charge in [-0.05, 0) is 30.4 Å². The summed E-state index contributed by atoms with van der Waals surface area (Å²) in [4.78, 5) is 12.3. The fourth-order valence-corrected chi connectivity index (χ4v) is 4.71. The average Bonchev–Trinajstić information content (AvgIpc) is 2.45. The lowest BCUT2D eigenvalue weighted by Gasteiger charge is -2.29. The quantitative estimate of drug-likeness (QED) is 0.832. The Balaban J connectivity index is 0.00000176. The zero-order valence-electron chi connectivity index (χ0n) is 12.2. The molecule has 1 aromatic rings. The predicted molar refractivity (Wildman–Crippen MR) is 87.8 cm³/mol. The van der Waals surface area contributed by atoms with Crippen molar-refractivity contribution in [2.45, 2.75) is 37.9 Å². The molecule has 22 heavy (non-hydrogen) atoms. The lowest BCUT2D eigenvalue weighted by Crippen LogP contribution is -2.52. The maximum Gasteiger partial charge on any atom is 0.237 e. The summed E-state index contributed by atoms with van der Waals surface area (Å²) in [7, 11) is -2.99. The van der Waals surface area contributed by atoms with Crippen LogP contribution in [0.4, 0.5) is 0 Å². The topological polar surface area (TPSA) is 75.3 Å². The van der Waals surface area contributed by atoms with Gasteiger partial charge in [-0.25, -0.2) is 8.42 Å². The van der Waals surface area contributed by atoms with Gasteiger partial charge >= 0.3 is 0 Å². The van der Waals surface area contributed by atoms with Gasteiger partial charge in [0.2, 0.25) is 5.91 Å². The maximum absolute atomic E-state index is 12.3. The highest BCUT2D eigenvalue weighted by Gasteiger charge is 2.29. The molecule has 0 bridgehead atoms. The minimum atomic E-state index is -2.99. The third-order valence-electron chi connectivity index (χ3n) is 4.21. The molecule has 1 aromatic carbocycles. The summed E-state index contributed by atoms with van der Waals surface area (Å²) < 4.78 is 23.2. The van der Waals surface area contributed by atoms with Crippen molar-refractivity contribution in [2.75, 3.05) is 11.5 Å². The first kappa shape index (κ1) is 17.2. The van der Waals surface area contributed by atoms with E-state index in [1.807, 2.05) is 18.2 Å². The van der Waals surface area contributed by atoms with E-state index in [4.69, 9.17) is 0 Å². The van der Waals surface area contributed by atoms with E-state index < -0.39 is 9.84 Å². The largest absolute Gasteiger partial charge is 0.351 e. The van der Waals surface area contributed by atoms with Gasteiger partial charge in [0.15, 0.2) is 9.84 Å². The third-order valence-corrected chi connectivity index (χ3v) is 6.03. The molecule has 2 aliphatic rings. The highest BCUT2D eigenvalue weighted by molar-refractivity contribution is 7.91. The van der Waals surface area contributed by atoms with Crippen LogP contribution in [-0.4, -0.2) is 37.9 Å². The number of hydrogen-bond acceptors (Lipinski definition) is 4. The van der Waals surface area contributed by atoms with Crippen LogP contribution >= 0.6 is 12.4 Å². The molecule has 1 amide bonds. The van der Waals surface area contributed by atoms with Crippen molar-refractivity contribution in [3.05, 3.63) is 35.4 Å². The number of amides is 1. The summed E-state index contributed by atoms with van der Waals surface area (Å²) in [6.07, 6.45) is 2.03. The summed E-state index contributed by atoms with van der Waals surface area (Å²) in [5, 5.41) is 6.12. The van der Waals surface area contributed by atoms with Crippen LogP contribution in [0.5, 0.6) is 0 Å².